The highest BCUT2D eigenvalue weighted by atomic mass is 19.1. The van der Waals surface area contributed by atoms with Crippen molar-refractivity contribution in [3.05, 3.63) is 183 Å². The van der Waals surface area contributed by atoms with Crippen LogP contribution in [0.15, 0.2) is 145 Å². The Morgan fingerprint density at radius 1 is 0.895 bits per heavy atom. The Labute approximate surface area is 441 Å². The molecule has 2 N–H and O–H groups in total. The van der Waals surface area contributed by atoms with Crippen molar-refractivity contribution in [3.8, 4) is 23.0 Å². The molecule has 2 aliphatic carbocycles. The highest BCUT2D eigenvalue weighted by molar-refractivity contribution is 6.03. The van der Waals surface area contributed by atoms with E-state index in [0.29, 0.717) is 96.8 Å². The molecule has 3 aliphatic rings. The Balaban J connectivity index is 1.29. The minimum Gasteiger partial charge on any atom is -0.496 e. The van der Waals surface area contributed by atoms with E-state index in [1.807, 2.05) is 42.5 Å². The summed E-state index contributed by atoms with van der Waals surface area (Å²) in [6.07, 6.45) is 7.67. The van der Waals surface area contributed by atoms with Gasteiger partial charge in [0.1, 0.15) is 48.1 Å². The summed E-state index contributed by atoms with van der Waals surface area (Å²) in [5.74, 6) is -1.81. The van der Waals surface area contributed by atoms with Crippen LogP contribution in [0.25, 0.3) is 0 Å². The standard InChI is InChI=1S/C59H64FN3O13/c1-3-29-73-59-55(62(36-40-15-19-45(60)20-16-40)58(67)72-31-30-71-38-41-11-5-4-6-12-41)35-52(61-74-39-42-17-21-46(22-18-42)63(68)69)50-33-43(13-7-9-27-64)49(14-8-10-28-65)56(57(50)59)51-34-48(24-26-54(51)76-59)75-47-23-25-53(70-2)44(32-47)37-66/h3-6,11-12,15-26,32-34,37,43,49,55-57,64-65H,1,7-10,13-14,27-31,35-36,38-39H2,2H3/t43-,49+,55-,56+,57+,59+/m0/s1. The fourth-order valence-corrected chi connectivity index (χ4v) is 10.7. The molecule has 0 saturated heterocycles. The van der Waals surface area contributed by atoms with Gasteiger partial charge in [-0.05, 0) is 120 Å². The number of nitrogens with zero attached hydrogens (tertiary/aromatic N) is 3. The molecule has 5 aromatic carbocycles. The summed E-state index contributed by atoms with van der Waals surface area (Å²) in [7, 11) is 1.48. The molecule has 16 nitrogen and oxygen atoms in total. The summed E-state index contributed by atoms with van der Waals surface area (Å²) in [6.45, 7) is 4.20. The first-order chi connectivity index (χ1) is 37.1. The van der Waals surface area contributed by atoms with Gasteiger partial charge in [-0.25, -0.2) is 9.18 Å². The Hall–Kier alpha value is -7.44. The van der Waals surface area contributed by atoms with Crippen LogP contribution in [0.3, 0.4) is 0 Å². The van der Waals surface area contributed by atoms with Gasteiger partial charge in [0.25, 0.3) is 5.69 Å². The van der Waals surface area contributed by atoms with Crippen molar-refractivity contribution in [1.29, 1.82) is 0 Å². The Morgan fingerprint density at radius 3 is 2.32 bits per heavy atom. The maximum atomic E-state index is 15.1. The van der Waals surface area contributed by atoms with E-state index in [1.165, 1.54) is 36.3 Å². The van der Waals surface area contributed by atoms with Crippen LogP contribution in [-0.2, 0) is 38.8 Å². The fraction of sp³-hybridized carbons (Fsp3) is 0.373. The lowest BCUT2D eigenvalue weighted by Gasteiger charge is -2.59. The van der Waals surface area contributed by atoms with Crippen LogP contribution in [0, 0.1) is 33.7 Å². The number of oxime groups is 1. The summed E-state index contributed by atoms with van der Waals surface area (Å²) < 4.78 is 53.0. The quantitative estimate of drug-likeness (QED) is 0.0166. The number of hydrogen-bond donors (Lipinski definition) is 2. The van der Waals surface area contributed by atoms with Crippen LogP contribution in [0.2, 0.25) is 0 Å². The Bertz CT molecular complexity index is 2830. The van der Waals surface area contributed by atoms with Crippen LogP contribution in [0.5, 0.6) is 23.0 Å². The molecule has 1 aliphatic heterocycles. The van der Waals surface area contributed by atoms with Gasteiger partial charge in [-0.3, -0.25) is 19.8 Å². The topological polar surface area (TPSA) is 198 Å². The zero-order valence-electron chi connectivity index (χ0n) is 42.5. The van der Waals surface area contributed by atoms with Crippen LogP contribution in [0.1, 0.15) is 83.5 Å². The average molecular weight is 1040 g/mol. The summed E-state index contributed by atoms with van der Waals surface area (Å²) in [5, 5.41) is 36.5. The highest BCUT2D eigenvalue weighted by Gasteiger charge is 2.65. The van der Waals surface area contributed by atoms with Gasteiger partial charge in [0.2, 0.25) is 5.79 Å². The van der Waals surface area contributed by atoms with Gasteiger partial charge in [0.15, 0.2) is 6.29 Å². The summed E-state index contributed by atoms with van der Waals surface area (Å²) in [5.41, 5.74) is 4.44. The number of aliphatic hydroxyl groups is 2. The predicted molar refractivity (Wildman–Crippen MR) is 281 cm³/mol. The number of hydrogen-bond acceptors (Lipinski definition) is 14. The summed E-state index contributed by atoms with van der Waals surface area (Å²) in [4.78, 5) is 45.9. The number of carbonyl (C=O) groups excluding carboxylic acids is 2. The maximum absolute atomic E-state index is 15.1. The predicted octanol–water partition coefficient (Wildman–Crippen LogP) is 11.0. The number of nitro groups is 1. The van der Waals surface area contributed by atoms with Crippen molar-refractivity contribution < 1.29 is 62.4 Å². The first-order valence-electron chi connectivity index (χ1n) is 25.6. The minimum absolute atomic E-state index is 0.00543. The van der Waals surface area contributed by atoms with Crippen molar-refractivity contribution in [2.24, 2.45) is 22.9 Å². The van der Waals surface area contributed by atoms with Crippen LogP contribution < -0.4 is 14.2 Å². The lowest BCUT2D eigenvalue weighted by atomic mass is 9.55. The van der Waals surface area contributed by atoms with Crippen LogP contribution in [0.4, 0.5) is 14.9 Å². The largest absolute Gasteiger partial charge is 0.496 e. The smallest absolute Gasteiger partial charge is 0.410 e. The SMILES string of the molecule is C=CCO[C@@]12Oc3ccc(Oc4ccc(OC)c(C=O)c4)cc3[C@H]3[C@H](CCCCO)[C@@H](CCCCO)C=C(C(=NOCc4ccc([N+](=O)[O-])cc4)C[C@@H]1N(Cc1ccc(F)cc1)C(=O)OCCOCc1ccccc1)[C@H]32. The minimum atomic E-state index is -1.68. The number of ether oxygens (including phenoxy) is 6. The molecule has 0 bridgehead atoms. The van der Waals surface area contributed by atoms with Gasteiger partial charge in [-0.15, -0.1) is 6.58 Å². The third-order valence-electron chi connectivity index (χ3n) is 14.2. The number of amides is 1. The molecule has 0 radical (unpaired) electrons. The molecular weight excluding hydrogens is 978 g/mol. The molecule has 0 aromatic heterocycles. The molecule has 5 aromatic rings. The van der Waals surface area contributed by atoms with Gasteiger partial charge in [-0.1, -0.05) is 72.6 Å². The van der Waals surface area contributed by atoms with Gasteiger partial charge in [0, 0.05) is 49.8 Å². The van der Waals surface area contributed by atoms with Gasteiger partial charge in [0.05, 0.1) is 49.0 Å². The zero-order chi connectivity index (χ0) is 53.4. The molecule has 400 valence electrons. The van der Waals surface area contributed by atoms with Crippen molar-refractivity contribution in [2.45, 2.75) is 82.5 Å². The third-order valence-corrected chi connectivity index (χ3v) is 14.2. The van der Waals surface area contributed by atoms with E-state index in [0.717, 1.165) is 16.7 Å². The fourth-order valence-electron chi connectivity index (χ4n) is 10.7. The molecule has 0 spiro atoms. The number of fused-ring (bicyclic) bond motifs is 2. The second-order valence-corrected chi connectivity index (χ2v) is 19.0. The van der Waals surface area contributed by atoms with Crippen molar-refractivity contribution in [1.82, 2.24) is 4.90 Å². The van der Waals surface area contributed by atoms with E-state index in [1.54, 1.807) is 54.6 Å². The van der Waals surface area contributed by atoms with E-state index in [4.69, 9.17) is 38.4 Å². The molecular formula is C59H64FN3O13. The van der Waals surface area contributed by atoms with E-state index in [9.17, 15) is 29.5 Å². The number of carbonyl (C=O) groups is 2. The molecule has 1 amide bonds. The first kappa shape index (κ1) is 54.8. The number of methoxy groups -OCH3 is 1. The van der Waals surface area contributed by atoms with Crippen molar-refractivity contribution in [3.63, 3.8) is 0 Å². The molecule has 8 rings (SSSR count). The van der Waals surface area contributed by atoms with Gasteiger partial charge in [-0.2, -0.15) is 0 Å². The van der Waals surface area contributed by atoms with Crippen molar-refractivity contribution >= 4 is 23.8 Å². The molecule has 76 heavy (non-hydrogen) atoms. The molecule has 1 saturated carbocycles. The lowest BCUT2D eigenvalue weighted by Crippen LogP contribution is -2.70. The van der Waals surface area contributed by atoms with Crippen molar-refractivity contribution in [2.75, 3.05) is 40.1 Å². The lowest BCUT2D eigenvalue weighted by molar-refractivity contribution is -0.384. The number of halogens is 1. The molecule has 6 atom stereocenters. The third kappa shape index (κ3) is 13.0. The number of rotatable bonds is 27. The number of unbranched alkanes of at least 4 members (excludes halogenated alkanes) is 2. The molecule has 17 heteroatoms. The normalized spacial score (nSPS) is 20.8. The van der Waals surface area contributed by atoms with Gasteiger partial charge < -0.3 is 43.5 Å². The van der Waals surface area contributed by atoms with Crippen LogP contribution >= 0.6 is 0 Å². The maximum Gasteiger partial charge on any atom is 0.410 e. The number of benzene rings is 5. The number of aldehydes is 1. The summed E-state index contributed by atoms with van der Waals surface area (Å²) >= 11 is 0. The highest BCUT2D eigenvalue weighted by Crippen LogP contribution is 2.62. The molecule has 1 fully saturated rings. The number of nitro benzene ring substituents is 1. The molecule has 0 unspecified atom stereocenters. The molecule has 1 heterocycles. The second kappa shape index (κ2) is 26.4. The summed E-state index contributed by atoms with van der Waals surface area (Å²) in [6, 6.07) is 30.9. The second-order valence-electron chi connectivity index (χ2n) is 19.0. The first-order valence-corrected chi connectivity index (χ1v) is 25.6. The zero-order valence-corrected chi connectivity index (χ0v) is 42.5. The Morgan fingerprint density at radius 2 is 1.61 bits per heavy atom. The van der Waals surface area contributed by atoms with E-state index in [2.05, 4.69) is 12.7 Å². The van der Waals surface area contributed by atoms with E-state index in [-0.39, 0.29) is 70.1 Å². The van der Waals surface area contributed by atoms with Crippen LogP contribution in [-0.4, -0.2) is 90.1 Å². The number of non-ortho nitro benzene ring substituents is 1. The Kier molecular flexibility index (Phi) is 19.0. The van der Waals surface area contributed by atoms with E-state index < -0.39 is 40.5 Å². The van der Waals surface area contributed by atoms with E-state index >= 15 is 4.79 Å². The van der Waals surface area contributed by atoms with Gasteiger partial charge >= 0.3 is 6.09 Å². The monoisotopic (exact) mass is 1040 g/mol. The number of allylic oxidation sites excluding steroid dienone is 1. The number of aliphatic hydroxyl groups excluding tert-OH is 2. The average Bonchev–Trinajstić information content (AvgIpc) is 3.48.